The van der Waals surface area contributed by atoms with Crippen LogP contribution in [0.3, 0.4) is 0 Å². The highest BCUT2D eigenvalue weighted by atomic mass is 19.4. The monoisotopic (exact) mass is 282 g/mol. The van der Waals surface area contributed by atoms with E-state index in [1.54, 1.807) is 0 Å². The topological polar surface area (TPSA) is 133 Å². The van der Waals surface area contributed by atoms with Crippen LogP contribution in [0.4, 0.5) is 18.0 Å². The first kappa shape index (κ1) is 14.7. The number of carbonyl (C=O) groups is 2. The Kier molecular flexibility index (Phi) is 3.92. The van der Waals surface area contributed by atoms with E-state index in [-0.39, 0.29) is 12.4 Å². The van der Waals surface area contributed by atoms with Crippen molar-refractivity contribution in [3.05, 3.63) is 5.82 Å². The van der Waals surface area contributed by atoms with Crippen molar-refractivity contribution in [2.75, 3.05) is 0 Å². The summed E-state index contributed by atoms with van der Waals surface area (Å²) in [6.45, 7) is 0.0269. The molecule has 0 aromatic carbocycles. The molecule has 0 saturated carbocycles. The summed E-state index contributed by atoms with van der Waals surface area (Å²) in [5.74, 6) is -2.20. The SMILES string of the molecule is CC(NC(=O)NCc1nn[nH]n1)(C(=O)O)C(F)(F)F. The van der Waals surface area contributed by atoms with Crippen molar-refractivity contribution >= 4 is 12.0 Å². The number of amides is 2. The van der Waals surface area contributed by atoms with Gasteiger partial charge in [0.25, 0.3) is 0 Å². The second-order valence-corrected chi connectivity index (χ2v) is 3.56. The zero-order valence-electron chi connectivity index (χ0n) is 9.45. The number of alkyl halides is 3. The molecule has 0 aliphatic carbocycles. The molecule has 106 valence electrons. The number of halogens is 3. The maximum absolute atomic E-state index is 12.6. The van der Waals surface area contributed by atoms with E-state index in [4.69, 9.17) is 5.11 Å². The highest BCUT2D eigenvalue weighted by molar-refractivity contribution is 5.86. The first-order valence-electron chi connectivity index (χ1n) is 4.75. The van der Waals surface area contributed by atoms with E-state index in [9.17, 15) is 22.8 Å². The largest absolute Gasteiger partial charge is 0.479 e. The average molecular weight is 282 g/mol. The van der Waals surface area contributed by atoms with Crippen molar-refractivity contribution in [3.63, 3.8) is 0 Å². The lowest BCUT2D eigenvalue weighted by Gasteiger charge is -2.28. The minimum absolute atomic E-state index is 0.0270. The summed E-state index contributed by atoms with van der Waals surface area (Å²) in [6, 6.07) is -1.33. The molecule has 1 atom stereocenters. The van der Waals surface area contributed by atoms with Gasteiger partial charge in [-0.15, -0.1) is 10.2 Å². The lowest BCUT2D eigenvalue weighted by atomic mass is 10.0. The number of aromatic amines is 1. The molecule has 0 radical (unpaired) electrons. The third-order valence-corrected chi connectivity index (χ3v) is 2.15. The molecule has 1 unspecified atom stereocenters. The number of hydrogen-bond acceptors (Lipinski definition) is 5. The van der Waals surface area contributed by atoms with Crippen LogP contribution in [0.1, 0.15) is 12.7 Å². The molecule has 2 amide bonds. The lowest BCUT2D eigenvalue weighted by Crippen LogP contribution is -2.63. The van der Waals surface area contributed by atoms with E-state index < -0.39 is 23.7 Å². The summed E-state index contributed by atoms with van der Waals surface area (Å²) in [4.78, 5) is 21.9. The highest BCUT2D eigenvalue weighted by Crippen LogP contribution is 2.30. The molecule has 12 heteroatoms. The Balaban J connectivity index is 2.65. The van der Waals surface area contributed by atoms with Crippen LogP contribution >= 0.6 is 0 Å². The smallest absolute Gasteiger partial charge is 0.422 e. The Bertz CT molecular complexity index is 461. The minimum Gasteiger partial charge on any atom is -0.479 e. The number of aliphatic carboxylic acids is 1. The van der Waals surface area contributed by atoms with Crippen molar-refractivity contribution in [2.45, 2.75) is 25.2 Å². The third-order valence-electron chi connectivity index (χ3n) is 2.15. The van der Waals surface area contributed by atoms with Gasteiger partial charge in [-0.3, -0.25) is 0 Å². The van der Waals surface area contributed by atoms with E-state index >= 15 is 0 Å². The Hall–Kier alpha value is -2.40. The number of aromatic nitrogens is 4. The number of rotatable bonds is 4. The number of H-pyrrole nitrogens is 1. The molecule has 19 heavy (non-hydrogen) atoms. The molecule has 1 heterocycles. The molecule has 4 N–H and O–H groups in total. The third kappa shape index (κ3) is 3.29. The van der Waals surface area contributed by atoms with Crippen LogP contribution in [0.15, 0.2) is 0 Å². The first-order valence-corrected chi connectivity index (χ1v) is 4.75. The highest BCUT2D eigenvalue weighted by Gasteiger charge is 2.58. The van der Waals surface area contributed by atoms with Gasteiger partial charge in [0.05, 0.1) is 6.54 Å². The van der Waals surface area contributed by atoms with Crippen molar-refractivity contribution in [3.8, 4) is 0 Å². The van der Waals surface area contributed by atoms with Crippen molar-refractivity contribution in [1.29, 1.82) is 0 Å². The molecule has 0 aliphatic heterocycles. The molecule has 0 bridgehead atoms. The maximum atomic E-state index is 12.6. The lowest BCUT2D eigenvalue weighted by molar-refractivity contribution is -0.203. The van der Waals surface area contributed by atoms with Gasteiger partial charge < -0.3 is 15.7 Å². The average Bonchev–Trinajstić information content (AvgIpc) is 2.77. The summed E-state index contributed by atoms with van der Waals surface area (Å²) in [5, 5.41) is 24.0. The molecule has 9 nitrogen and oxygen atoms in total. The maximum Gasteiger partial charge on any atom is 0.422 e. The summed E-state index contributed by atoms with van der Waals surface area (Å²) >= 11 is 0. The number of nitrogens with one attached hydrogen (secondary N) is 3. The fourth-order valence-electron chi connectivity index (χ4n) is 0.934. The zero-order chi connectivity index (χ0) is 14.7. The van der Waals surface area contributed by atoms with Gasteiger partial charge in [-0.1, -0.05) is 5.21 Å². The summed E-state index contributed by atoms with van der Waals surface area (Å²) in [5.41, 5.74) is -3.39. The number of carboxylic acids is 1. The van der Waals surface area contributed by atoms with Gasteiger partial charge in [0.1, 0.15) is 0 Å². The minimum atomic E-state index is -5.15. The normalized spacial score (nSPS) is 14.5. The Morgan fingerprint density at radius 1 is 1.42 bits per heavy atom. The molecule has 1 rings (SSSR count). The number of hydrogen-bond donors (Lipinski definition) is 4. The van der Waals surface area contributed by atoms with Gasteiger partial charge in [0, 0.05) is 0 Å². The molecule has 1 aromatic rings. The van der Waals surface area contributed by atoms with Crippen LogP contribution in [0.2, 0.25) is 0 Å². The summed E-state index contributed by atoms with van der Waals surface area (Å²) in [7, 11) is 0. The van der Waals surface area contributed by atoms with Crippen LogP contribution in [0.25, 0.3) is 0 Å². The van der Waals surface area contributed by atoms with Crippen LogP contribution in [-0.4, -0.2) is 49.4 Å². The fourth-order valence-corrected chi connectivity index (χ4v) is 0.934. The molecule has 0 fully saturated rings. The van der Waals surface area contributed by atoms with E-state index in [0.29, 0.717) is 6.92 Å². The Morgan fingerprint density at radius 3 is 2.47 bits per heavy atom. The molecular weight excluding hydrogens is 273 g/mol. The van der Waals surface area contributed by atoms with Gasteiger partial charge >= 0.3 is 18.2 Å². The number of urea groups is 1. The van der Waals surface area contributed by atoms with Crippen LogP contribution in [0, 0.1) is 0 Å². The fraction of sp³-hybridized carbons (Fsp3) is 0.571. The van der Waals surface area contributed by atoms with E-state index in [1.165, 1.54) is 5.32 Å². The molecule has 0 spiro atoms. The molecule has 0 aliphatic rings. The Morgan fingerprint density at radius 2 is 2.05 bits per heavy atom. The number of tetrazole rings is 1. The second kappa shape index (κ2) is 5.07. The predicted molar refractivity (Wildman–Crippen MR) is 51.6 cm³/mol. The van der Waals surface area contributed by atoms with Crippen molar-refractivity contribution in [2.24, 2.45) is 0 Å². The van der Waals surface area contributed by atoms with Crippen molar-refractivity contribution in [1.82, 2.24) is 31.3 Å². The second-order valence-electron chi connectivity index (χ2n) is 3.56. The van der Waals surface area contributed by atoms with Gasteiger partial charge in [0.15, 0.2) is 5.82 Å². The number of carbonyl (C=O) groups excluding carboxylic acids is 1. The standard InChI is InChI=1S/C7H9F3N6O3/c1-6(4(17)18,7(8,9)10)12-5(19)11-2-3-13-15-16-14-3/h2H2,1H3,(H,17,18)(H2,11,12,19)(H,13,14,15,16). The van der Waals surface area contributed by atoms with Crippen LogP contribution < -0.4 is 10.6 Å². The van der Waals surface area contributed by atoms with Gasteiger partial charge in [-0.25, -0.2) is 9.59 Å². The van der Waals surface area contributed by atoms with Gasteiger partial charge in [0.2, 0.25) is 5.54 Å². The number of nitrogens with zero attached hydrogens (tertiary/aromatic N) is 3. The first-order chi connectivity index (χ1) is 8.67. The van der Waals surface area contributed by atoms with Crippen LogP contribution in [-0.2, 0) is 11.3 Å². The van der Waals surface area contributed by atoms with E-state index in [0.717, 1.165) is 0 Å². The molecular formula is C7H9F3N6O3. The van der Waals surface area contributed by atoms with E-state index in [1.807, 2.05) is 5.32 Å². The predicted octanol–water partition coefficient (Wildman–Crippen LogP) is -0.596. The van der Waals surface area contributed by atoms with E-state index in [2.05, 4.69) is 20.6 Å². The summed E-state index contributed by atoms with van der Waals surface area (Å²) in [6.07, 6.45) is -5.15. The summed E-state index contributed by atoms with van der Waals surface area (Å²) < 4.78 is 37.7. The van der Waals surface area contributed by atoms with Gasteiger partial charge in [-0.2, -0.15) is 18.4 Å². The van der Waals surface area contributed by atoms with Gasteiger partial charge in [-0.05, 0) is 6.92 Å². The Labute approximate surface area is 103 Å². The van der Waals surface area contributed by atoms with Crippen molar-refractivity contribution < 1.29 is 27.9 Å². The zero-order valence-corrected chi connectivity index (χ0v) is 9.45. The van der Waals surface area contributed by atoms with Crippen LogP contribution in [0.5, 0.6) is 0 Å². The quantitative estimate of drug-likeness (QED) is 0.583. The molecule has 1 aromatic heterocycles. The molecule has 0 saturated heterocycles. The number of carboxylic acid groups (broad SMARTS) is 1.